The van der Waals surface area contributed by atoms with Crippen molar-refractivity contribution in [2.75, 3.05) is 0 Å². The van der Waals surface area contributed by atoms with E-state index >= 15 is 0 Å². The Morgan fingerprint density at radius 3 is 3.12 bits per heavy atom. The highest BCUT2D eigenvalue weighted by atomic mass is 32.2. The Kier molecular flexibility index (Phi) is 4.75. The Bertz CT molecular complexity index is 1030. The van der Waals surface area contributed by atoms with Crippen molar-refractivity contribution in [1.82, 2.24) is 14.7 Å². The molecule has 3 aromatic heterocycles. The van der Waals surface area contributed by atoms with Gasteiger partial charge in [-0.2, -0.15) is 0 Å². The van der Waals surface area contributed by atoms with E-state index in [0.29, 0.717) is 18.2 Å². The quantitative estimate of drug-likeness (QED) is 0.370. The van der Waals surface area contributed by atoms with E-state index in [1.54, 1.807) is 22.0 Å². The second-order valence-electron chi connectivity index (χ2n) is 6.85. The molecule has 0 aliphatic heterocycles. The maximum absolute atomic E-state index is 13.2. The zero-order valence-corrected chi connectivity index (χ0v) is 16.6. The van der Waals surface area contributed by atoms with Gasteiger partial charge in [0.1, 0.15) is 10.6 Å². The minimum absolute atomic E-state index is 0.0563. The predicted molar refractivity (Wildman–Crippen MR) is 106 cm³/mol. The molecule has 1 aliphatic carbocycles. The lowest BCUT2D eigenvalue weighted by molar-refractivity contribution is 0.393. The average molecular weight is 388 g/mol. The summed E-state index contributed by atoms with van der Waals surface area (Å²) in [6.45, 7) is 8.41. The van der Waals surface area contributed by atoms with E-state index in [9.17, 15) is 4.79 Å². The summed E-state index contributed by atoms with van der Waals surface area (Å²) in [6.07, 6.45) is 4.92. The number of hydrogen-bond donors (Lipinski definition) is 0. The lowest BCUT2D eigenvalue weighted by atomic mass is 9.89. The van der Waals surface area contributed by atoms with Crippen molar-refractivity contribution in [3.63, 3.8) is 0 Å². The number of thiophene rings is 1. The Morgan fingerprint density at radius 1 is 1.54 bits per heavy atom. The van der Waals surface area contributed by atoms with Crippen LogP contribution in [-0.2, 0) is 25.1 Å². The minimum Gasteiger partial charge on any atom is -0.361 e. The molecule has 3 aromatic rings. The molecule has 0 N–H and O–H groups in total. The summed E-state index contributed by atoms with van der Waals surface area (Å²) in [7, 11) is 0. The van der Waals surface area contributed by atoms with Gasteiger partial charge in [0, 0.05) is 23.2 Å². The maximum Gasteiger partial charge on any atom is 0.263 e. The molecule has 26 heavy (non-hydrogen) atoms. The SMILES string of the molecule is C=CCn1c(SCc2cc(C)on2)nc2sc3c(c2c1=O)CC[C@H](C)C3. The van der Waals surface area contributed by atoms with Crippen LogP contribution in [0.25, 0.3) is 10.2 Å². The molecule has 1 atom stereocenters. The lowest BCUT2D eigenvalue weighted by Crippen LogP contribution is -2.23. The van der Waals surface area contributed by atoms with Crippen LogP contribution in [0, 0.1) is 12.8 Å². The summed E-state index contributed by atoms with van der Waals surface area (Å²) < 4.78 is 6.86. The van der Waals surface area contributed by atoms with Gasteiger partial charge in [-0.3, -0.25) is 9.36 Å². The molecular formula is C19H21N3O2S2. The van der Waals surface area contributed by atoms with Gasteiger partial charge in [-0.1, -0.05) is 29.9 Å². The van der Waals surface area contributed by atoms with Crippen LogP contribution in [0.2, 0.25) is 0 Å². The number of thioether (sulfide) groups is 1. The fourth-order valence-electron chi connectivity index (χ4n) is 3.43. The van der Waals surface area contributed by atoms with Crippen LogP contribution in [-0.4, -0.2) is 14.7 Å². The van der Waals surface area contributed by atoms with Crippen LogP contribution >= 0.6 is 23.1 Å². The highest BCUT2D eigenvalue weighted by molar-refractivity contribution is 7.98. The first-order valence-corrected chi connectivity index (χ1v) is 10.6. The average Bonchev–Trinajstić information content (AvgIpc) is 3.18. The second-order valence-corrected chi connectivity index (χ2v) is 8.87. The summed E-state index contributed by atoms with van der Waals surface area (Å²) in [6, 6.07) is 1.91. The number of aromatic nitrogens is 3. The number of aryl methyl sites for hydroxylation is 2. The topological polar surface area (TPSA) is 60.9 Å². The van der Waals surface area contributed by atoms with Gasteiger partial charge in [0.15, 0.2) is 5.16 Å². The Labute approximate surface area is 160 Å². The zero-order chi connectivity index (χ0) is 18.3. The number of fused-ring (bicyclic) bond motifs is 3. The van der Waals surface area contributed by atoms with E-state index in [0.717, 1.165) is 46.1 Å². The molecule has 0 aromatic carbocycles. The van der Waals surface area contributed by atoms with Crippen LogP contribution in [0.3, 0.4) is 0 Å². The van der Waals surface area contributed by atoms with Crippen molar-refractivity contribution in [2.45, 2.75) is 50.6 Å². The number of nitrogens with zero attached hydrogens (tertiary/aromatic N) is 3. The fourth-order valence-corrected chi connectivity index (χ4v) is 5.74. The third kappa shape index (κ3) is 3.14. The van der Waals surface area contributed by atoms with Crippen LogP contribution in [0.5, 0.6) is 0 Å². The van der Waals surface area contributed by atoms with Crippen molar-refractivity contribution in [2.24, 2.45) is 5.92 Å². The Balaban J connectivity index is 1.77. The molecular weight excluding hydrogens is 366 g/mol. The molecule has 0 spiro atoms. The number of hydrogen-bond acceptors (Lipinski definition) is 6. The normalized spacial score (nSPS) is 16.8. The lowest BCUT2D eigenvalue weighted by Gasteiger charge is -2.17. The van der Waals surface area contributed by atoms with E-state index in [-0.39, 0.29) is 5.56 Å². The van der Waals surface area contributed by atoms with Crippen LogP contribution < -0.4 is 5.56 Å². The van der Waals surface area contributed by atoms with Gasteiger partial charge in [0.25, 0.3) is 5.56 Å². The summed E-state index contributed by atoms with van der Waals surface area (Å²) in [5.74, 6) is 2.08. The van der Waals surface area contributed by atoms with Crippen molar-refractivity contribution < 1.29 is 4.52 Å². The summed E-state index contributed by atoms with van der Waals surface area (Å²) in [5, 5.41) is 5.56. The summed E-state index contributed by atoms with van der Waals surface area (Å²) >= 11 is 3.20. The summed E-state index contributed by atoms with van der Waals surface area (Å²) in [4.78, 5) is 20.3. The van der Waals surface area contributed by atoms with E-state index in [2.05, 4.69) is 18.7 Å². The Hall–Kier alpha value is -1.86. The molecule has 3 heterocycles. The van der Waals surface area contributed by atoms with Crippen LogP contribution in [0.4, 0.5) is 0 Å². The van der Waals surface area contributed by atoms with Gasteiger partial charge in [0.05, 0.1) is 11.1 Å². The third-order valence-electron chi connectivity index (χ3n) is 4.72. The van der Waals surface area contributed by atoms with E-state index in [1.807, 2.05) is 13.0 Å². The molecule has 7 heteroatoms. The summed E-state index contributed by atoms with van der Waals surface area (Å²) in [5.41, 5.74) is 2.13. The maximum atomic E-state index is 13.2. The van der Waals surface area contributed by atoms with Crippen LogP contribution in [0.1, 0.15) is 35.2 Å². The van der Waals surface area contributed by atoms with Crippen molar-refractivity contribution in [1.29, 1.82) is 0 Å². The molecule has 0 bridgehead atoms. The number of rotatable bonds is 5. The second kappa shape index (κ2) is 7.04. The first-order chi connectivity index (χ1) is 12.6. The van der Waals surface area contributed by atoms with Gasteiger partial charge < -0.3 is 4.52 Å². The monoisotopic (exact) mass is 387 g/mol. The first-order valence-electron chi connectivity index (χ1n) is 8.77. The molecule has 136 valence electrons. The van der Waals surface area contributed by atoms with E-state index in [4.69, 9.17) is 9.51 Å². The van der Waals surface area contributed by atoms with Crippen LogP contribution in [0.15, 0.2) is 33.2 Å². The molecule has 0 saturated carbocycles. The van der Waals surface area contributed by atoms with Crippen molar-refractivity contribution >= 4 is 33.3 Å². The van der Waals surface area contributed by atoms with Gasteiger partial charge in [0.2, 0.25) is 0 Å². The molecule has 0 unspecified atom stereocenters. The number of allylic oxidation sites excluding steroid dienone is 1. The fraction of sp³-hybridized carbons (Fsp3) is 0.421. The molecule has 0 fully saturated rings. The smallest absolute Gasteiger partial charge is 0.263 e. The molecule has 0 radical (unpaired) electrons. The van der Waals surface area contributed by atoms with Crippen molar-refractivity contribution in [3.05, 3.63) is 51.0 Å². The Morgan fingerprint density at radius 2 is 2.38 bits per heavy atom. The highest BCUT2D eigenvalue weighted by Gasteiger charge is 2.24. The van der Waals surface area contributed by atoms with Gasteiger partial charge in [-0.25, -0.2) is 4.98 Å². The highest BCUT2D eigenvalue weighted by Crippen LogP contribution is 2.36. The molecule has 4 rings (SSSR count). The van der Waals surface area contributed by atoms with Gasteiger partial charge in [-0.15, -0.1) is 17.9 Å². The van der Waals surface area contributed by atoms with E-state index < -0.39 is 0 Å². The third-order valence-corrected chi connectivity index (χ3v) is 6.88. The molecule has 0 saturated heterocycles. The molecule has 1 aliphatic rings. The molecule has 5 nitrogen and oxygen atoms in total. The van der Waals surface area contributed by atoms with Crippen molar-refractivity contribution in [3.8, 4) is 0 Å². The largest absolute Gasteiger partial charge is 0.361 e. The first kappa shape index (κ1) is 17.5. The predicted octanol–water partition coefficient (Wildman–Crippen LogP) is 4.36. The minimum atomic E-state index is 0.0563. The zero-order valence-electron chi connectivity index (χ0n) is 14.9. The van der Waals surface area contributed by atoms with Gasteiger partial charge >= 0.3 is 0 Å². The van der Waals surface area contributed by atoms with E-state index in [1.165, 1.54) is 22.2 Å². The van der Waals surface area contributed by atoms with Gasteiger partial charge in [-0.05, 0) is 37.7 Å². The standard InChI is InChI=1S/C19H21N3O2S2/c1-4-7-22-18(23)16-14-6-5-11(2)8-15(14)26-17(16)20-19(22)25-10-13-9-12(3)24-21-13/h4,9,11H,1,5-8,10H2,2-3H3/t11-/m0/s1. The molecule has 0 amide bonds.